The van der Waals surface area contributed by atoms with Gasteiger partial charge < -0.3 is 9.72 Å². The molecule has 1 aromatic carbocycles. The van der Waals surface area contributed by atoms with Gasteiger partial charge in [-0.15, -0.1) is 0 Å². The fourth-order valence-electron chi connectivity index (χ4n) is 3.74. The van der Waals surface area contributed by atoms with Crippen LogP contribution in [-0.4, -0.2) is 30.9 Å². The van der Waals surface area contributed by atoms with Crippen LogP contribution >= 0.6 is 0 Å². The first-order valence-corrected chi connectivity index (χ1v) is 8.89. The van der Waals surface area contributed by atoms with Crippen LogP contribution in [-0.2, 0) is 4.74 Å². The topological polar surface area (TPSA) is 77.7 Å². The van der Waals surface area contributed by atoms with Crippen molar-refractivity contribution in [2.24, 2.45) is 0 Å². The van der Waals surface area contributed by atoms with Gasteiger partial charge in [0, 0.05) is 18.2 Å². The summed E-state index contributed by atoms with van der Waals surface area (Å²) in [5.41, 5.74) is 3.88. The lowest BCUT2D eigenvalue weighted by atomic mass is 10.1. The molecule has 0 saturated carbocycles. The summed E-state index contributed by atoms with van der Waals surface area (Å²) in [5.74, 6) is 0. The predicted octanol–water partition coefficient (Wildman–Crippen LogP) is 3.07. The molecule has 0 radical (unpaired) electrons. The van der Waals surface area contributed by atoms with Crippen molar-refractivity contribution in [3.8, 4) is 5.69 Å². The fraction of sp³-hybridized carbons (Fsp3) is 0.316. The first-order valence-electron chi connectivity index (χ1n) is 8.89. The maximum atomic E-state index is 12.4. The third-order valence-corrected chi connectivity index (χ3v) is 5.00. The number of imidazole rings is 1. The second-order valence-corrected chi connectivity index (χ2v) is 6.69. The van der Waals surface area contributed by atoms with E-state index in [1.165, 1.54) is 0 Å². The van der Waals surface area contributed by atoms with Crippen molar-refractivity contribution < 1.29 is 4.74 Å². The number of aromatic nitrogens is 5. The molecule has 1 unspecified atom stereocenters. The van der Waals surface area contributed by atoms with Crippen LogP contribution in [0, 0.1) is 6.92 Å². The van der Waals surface area contributed by atoms with Crippen molar-refractivity contribution >= 4 is 22.1 Å². The minimum absolute atomic E-state index is 0.0109. The molecule has 3 aromatic heterocycles. The summed E-state index contributed by atoms with van der Waals surface area (Å²) in [6.07, 6.45) is 4.91. The smallest absolute Gasteiger partial charge is 0.332 e. The number of pyridine rings is 1. The highest BCUT2D eigenvalue weighted by Gasteiger charge is 2.20. The van der Waals surface area contributed by atoms with E-state index in [0.717, 1.165) is 53.7 Å². The summed E-state index contributed by atoms with van der Waals surface area (Å²) in [4.78, 5) is 19.6. The molecular weight excluding hydrogens is 330 g/mol. The van der Waals surface area contributed by atoms with Crippen molar-refractivity contribution in [1.82, 2.24) is 24.3 Å². The summed E-state index contributed by atoms with van der Waals surface area (Å²) in [6, 6.07) is 9.61. The van der Waals surface area contributed by atoms with Crippen molar-refractivity contribution in [3.63, 3.8) is 0 Å². The summed E-state index contributed by atoms with van der Waals surface area (Å²) in [7, 11) is 0. The van der Waals surface area contributed by atoms with Crippen molar-refractivity contribution in [2.45, 2.75) is 32.4 Å². The third-order valence-electron chi connectivity index (χ3n) is 5.00. The Balaban J connectivity index is 1.68. The molecule has 1 atom stereocenters. The number of H-pyrrole nitrogens is 1. The first kappa shape index (κ1) is 15.3. The first-order chi connectivity index (χ1) is 12.7. The van der Waals surface area contributed by atoms with Gasteiger partial charge in [-0.25, -0.2) is 19.0 Å². The second-order valence-electron chi connectivity index (χ2n) is 6.69. The maximum Gasteiger partial charge on any atom is 0.332 e. The van der Waals surface area contributed by atoms with Crippen molar-refractivity contribution in [1.29, 1.82) is 0 Å². The lowest BCUT2D eigenvalue weighted by Gasteiger charge is -2.23. The molecule has 0 amide bonds. The summed E-state index contributed by atoms with van der Waals surface area (Å²) in [5, 5.41) is 5.72. The van der Waals surface area contributed by atoms with Crippen LogP contribution in [0.25, 0.3) is 27.8 Å². The zero-order valence-corrected chi connectivity index (χ0v) is 14.5. The minimum Gasteiger partial charge on any atom is -0.356 e. The second kappa shape index (κ2) is 5.81. The van der Waals surface area contributed by atoms with Crippen LogP contribution in [0.4, 0.5) is 0 Å². The molecule has 132 valence electrons. The maximum absolute atomic E-state index is 12.4. The number of nitrogens with one attached hydrogen (secondary N) is 1. The summed E-state index contributed by atoms with van der Waals surface area (Å²) >= 11 is 0. The average Bonchev–Trinajstić information content (AvgIpc) is 3.18. The molecule has 1 aliphatic rings. The number of nitrogens with zero attached hydrogens (tertiary/aromatic N) is 4. The Kier molecular flexibility index (Phi) is 3.43. The molecule has 1 aliphatic heterocycles. The van der Waals surface area contributed by atoms with Gasteiger partial charge in [0.2, 0.25) is 0 Å². The standard InChI is InChI=1S/C19H19N5O2/c1-12-14-11-13(23-18-15(21-19(23)25)5-4-9-20-18)7-8-16(14)24(22-12)17-6-2-3-10-26-17/h4-5,7-9,11,17H,2-3,6,10H2,1H3,(H,21,25). The van der Waals surface area contributed by atoms with E-state index in [-0.39, 0.29) is 11.9 Å². The zero-order chi connectivity index (χ0) is 17.7. The molecule has 1 saturated heterocycles. The Labute approximate surface area is 149 Å². The Morgan fingerprint density at radius 2 is 2.19 bits per heavy atom. The van der Waals surface area contributed by atoms with Crippen molar-refractivity contribution in [3.05, 3.63) is 52.7 Å². The highest BCUT2D eigenvalue weighted by Crippen LogP contribution is 2.29. The molecule has 4 aromatic rings. The van der Waals surface area contributed by atoms with Gasteiger partial charge in [-0.2, -0.15) is 5.10 Å². The quantitative estimate of drug-likeness (QED) is 0.603. The molecule has 5 rings (SSSR count). The van der Waals surface area contributed by atoms with Gasteiger partial charge in [-0.3, -0.25) is 0 Å². The number of hydrogen-bond donors (Lipinski definition) is 1. The molecule has 26 heavy (non-hydrogen) atoms. The number of aryl methyl sites for hydroxylation is 1. The Morgan fingerprint density at radius 1 is 1.27 bits per heavy atom. The number of ether oxygens (including phenoxy) is 1. The normalized spacial score (nSPS) is 18.0. The molecular formula is C19H19N5O2. The average molecular weight is 349 g/mol. The van der Waals surface area contributed by atoms with E-state index >= 15 is 0 Å². The monoisotopic (exact) mass is 349 g/mol. The van der Waals surface area contributed by atoms with E-state index in [0.29, 0.717) is 5.65 Å². The zero-order valence-electron chi connectivity index (χ0n) is 14.5. The van der Waals surface area contributed by atoms with Crippen LogP contribution in [0.5, 0.6) is 0 Å². The van der Waals surface area contributed by atoms with Crippen molar-refractivity contribution in [2.75, 3.05) is 6.61 Å². The van der Waals surface area contributed by atoms with Gasteiger partial charge in [0.1, 0.15) is 0 Å². The van der Waals surface area contributed by atoms with E-state index < -0.39 is 0 Å². The minimum atomic E-state index is -0.196. The molecule has 0 spiro atoms. The highest BCUT2D eigenvalue weighted by atomic mass is 16.5. The number of rotatable bonds is 2. The SMILES string of the molecule is Cc1nn(C2CCCCO2)c2ccc(-n3c(=O)[nH]c4cccnc43)cc12. The van der Waals surface area contributed by atoms with Crippen LogP contribution in [0.3, 0.4) is 0 Å². The molecule has 0 bridgehead atoms. The Bertz CT molecular complexity index is 1160. The summed E-state index contributed by atoms with van der Waals surface area (Å²) in [6.45, 7) is 2.77. The molecule has 7 heteroatoms. The number of fused-ring (bicyclic) bond motifs is 2. The molecule has 0 aliphatic carbocycles. The highest BCUT2D eigenvalue weighted by molar-refractivity contribution is 5.85. The molecule has 1 fully saturated rings. The number of benzene rings is 1. The lowest BCUT2D eigenvalue weighted by Crippen LogP contribution is -2.19. The van der Waals surface area contributed by atoms with Crippen LogP contribution in [0.15, 0.2) is 41.3 Å². The Hall–Kier alpha value is -2.93. The Morgan fingerprint density at radius 3 is 3.04 bits per heavy atom. The van der Waals surface area contributed by atoms with Crippen LogP contribution < -0.4 is 5.69 Å². The van der Waals surface area contributed by atoms with Gasteiger partial charge in [0.05, 0.1) is 22.4 Å². The molecule has 4 heterocycles. The van der Waals surface area contributed by atoms with E-state index in [1.807, 2.05) is 41.9 Å². The van der Waals surface area contributed by atoms with Crippen LogP contribution in [0.1, 0.15) is 31.2 Å². The largest absolute Gasteiger partial charge is 0.356 e. The lowest BCUT2D eigenvalue weighted by molar-refractivity contribution is -0.0368. The van der Waals surface area contributed by atoms with E-state index in [2.05, 4.69) is 9.97 Å². The predicted molar refractivity (Wildman–Crippen MR) is 98.6 cm³/mol. The van der Waals surface area contributed by atoms with Gasteiger partial charge in [0.15, 0.2) is 11.9 Å². The van der Waals surface area contributed by atoms with Crippen LogP contribution in [0.2, 0.25) is 0 Å². The fourth-order valence-corrected chi connectivity index (χ4v) is 3.74. The van der Waals surface area contributed by atoms with E-state index in [1.54, 1.807) is 10.8 Å². The number of hydrogen-bond acceptors (Lipinski definition) is 4. The van der Waals surface area contributed by atoms with E-state index in [9.17, 15) is 4.79 Å². The van der Waals surface area contributed by atoms with Gasteiger partial charge in [-0.1, -0.05) is 0 Å². The third kappa shape index (κ3) is 2.28. The van der Waals surface area contributed by atoms with E-state index in [4.69, 9.17) is 9.84 Å². The summed E-state index contributed by atoms with van der Waals surface area (Å²) < 4.78 is 9.47. The van der Waals surface area contributed by atoms with Gasteiger partial charge >= 0.3 is 5.69 Å². The molecule has 1 N–H and O–H groups in total. The van der Waals surface area contributed by atoms with Gasteiger partial charge in [0.25, 0.3) is 0 Å². The molecule has 7 nitrogen and oxygen atoms in total. The van der Waals surface area contributed by atoms with Gasteiger partial charge in [-0.05, 0) is 56.5 Å². The number of aromatic amines is 1.